The average Bonchev–Trinajstić information content (AvgIpc) is 2.98. The minimum atomic E-state index is 0.0855. The molecule has 0 radical (unpaired) electrons. The van der Waals surface area contributed by atoms with Crippen molar-refractivity contribution in [3.63, 3.8) is 0 Å². The SMILES string of the molecule is Cc1ccc2nc(C)cc(C(=O)N3Cc4ccccc4C3)c2c1. The summed E-state index contributed by atoms with van der Waals surface area (Å²) in [5.41, 5.74) is 6.14. The van der Waals surface area contributed by atoms with E-state index in [4.69, 9.17) is 0 Å². The molecule has 0 aliphatic carbocycles. The second-order valence-electron chi connectivity index (χ2n) is 6.26. The Hall–Kier alpha value is -2.68. The van der Waals surface area contributed by atoms with Gasteiger partial charge in [0, 0.05) is 24.2 Å². The van der Waals surface area contributed by atoms with Gasteiger partial charge in [-0.2, -0.15) is 0 Å². The summed E-state index contributed by atoms with van der Waals surface area (Å²) >= 11 is 0. The van der Waals surface area contributed by atoms with E-state index in [2.05, 4.69) is 23.2 Å². The Morgan fingerprint density at radius 1 is 1.00 bits per heavy atom. The predicted molar refractivity (Wildman–Crippen MR) is 91.2 cm³/mol. The maximum Gasteiger partial charge on any atom is 0.255 e. The van der Waals surface area contributed by atoms with Crippen molar-refractivity contribution in [3.8, 4) is 0 Å². The van der Waals surface area contributed by atoms with Crippen LogP contribution in [0.1, 0.15) is 32.7 Å². The maximum atomic E-state index is 13.1. The molecule has 3 aromatic rings. The molecule has 23 heavy (non-hydrogen) atoms. The molecule has 0 unspecified atom stereocenters. The van der Waals surface area contributed by atoms with Crippen LogP contribution < -0.4 is 0 Å². The van der Waals surface area contributed by atoms with Crippen molar-refractivity contribution in [1.82, 2.24) is 9.88 Å². The molecule has 0 N–H and O–H groups in total. The van der Waals surface area contributed by atoms with Crippen molar-refractivity contribution < 1.29 is 4.79 Å². The van der Waals surface area contributed by atoms with E-state index in [0.29, 0.717) is 13.1 Å². The minimum absolute atomic E-state index is 0.0855. The lowest BCUT2D eigenvalue weighted by atomic mass is 10.0. The highest BCUT2D eigenvalue weighted by Gasteiger charge is 2.25. The fraction of sp³-hybridized carbons (Fsp3) is 0.200. The number of nitrogens with zero attached hydrogens (tertiary/aromatic N) is 2. The summed E-state index contributed by atoms with van der Waals surface area (Å²) in [4.78, 5) is 19.6. The van der Waals surface area contributed by atoms with Gasteiger partial charge in [-0.25, -0.2) is 0 Å². The molecule has 1 aromatic heterocycles. The lowest BCUT2D eigenvalue weighted by Gasteiger charge is -2.17. The molecule has 1 aliphatic heterocycles. The van der Waals surface area contributed by atoms with E-state index in [-0.39, 0.29) is 5.91 Å². The zero-order valence-electron chi connectivity index (χ0n) is 13.3. The van der Waals surface area contributed by atoms with Crippen LogP contribution in [0.4, 0.5) is 0 Å². The van der Waals surface area contributed by atoms with E-state index in [0.717, 1.165) is 27.7 Å². The maximum absolute atomic E-state index is 13.1. The summed E-state index contributed by atoms with van der Waals surface area (Å²) < 4.78 is 0. The number of carbonyl (C=O) groups excluding carboxylic acids is 1. The number of hydrogen-bond acceptors (Lipinski definition) is 2. The van der Waals surface area contributed by atoms with E-state index in [9.17, 15) is 4.79 Å². The molecule has 0 fully saturated rings. The highest BCUT2D eigenvalue weighted by Crippen LogP contribution is 2.27. The van der Waals surface area contributed by atoms with Crippen molar-refractivity contribution in [3.05, 3.63) is 76.5 Å². The number of aryl methyl sites for hydroxylation is 2. The van der Waals surface area contributed by atoms with Gasteiger partial charge in [-0.1, -0.05) is 35.9 Å². The lowest BCUT2D eigenvalue weighted by molar-refractivity contribution is 0.0753. The van der Waals surface area contributed by atoms with E-state index in [1.54, 1.807) is 0 Å². The van der Waals surface area contributed by atoms with Crippen LogP contribution in [0.5, 0.6) is 0 Å². The summed E-state index contributed by atoms with van der Waals surface area (Å²) in [5.74, 6) is 0.0855. The van der Waals surface area contributed by atoms with Crippen LogP contribution in [0.15, 0.2) is 48.5 Å². The van der Waals surface area contributed by atoms with Crippen LogP contribution in [0.2, 0.25) is 0 Å². The number of amides is 1. The Bertz CT molecular complexity index is 905. The van der Waals surface area contributed by atoms with Gasteiger partial charge in [0.15, 0.2) is 0 Å². The molecule has 0 saturated carbocycles. The average molecular weight is 302 g/mol. The Morgan fingerprint density at radius 3 is 2.39 bits per heavy atom. The summed E-state index contributed by atoms with van der Waals surface area (Å²) in [5, 5.41) is 0.941. The van der Waals surface area contributed by atoms with Crippen LogP contribution in [0, 0.1) is 13.8 Å². The van der Waals surface area contributed by atoms with Crippen LogP contribution >= 0.6 is 0 Å². The van der Waals surface area contributed by atoms with Crippen molar-refractivity contribution >= 4 is 16.8 Å². The standard InChI is InChI=1S/C20H18N2O/c1-13-7-8-19-17(9-13)18(10-14(2)21-19)20(23)22-11-15-5-3-4-6-16(15)12-22/h3-10H,11-12H2,1-2H3. The lowest BCUT2D eigenvalue weighted by Crippen LogP contribution is -2.25. The summed E-state index contributed by atoms with van der Waals surface area (Å²) in [6, 6.07) is 16.3. The molecule has 2 aromatic carbocycles. The molecule has 0 spiro atoms. The zero-order chi connectivity index (χ0) is 16.0. The van der Waals surface area contributed by atoms with Crippen LogP contribution in [-0.4, -0.2) is 15.8 Å². The fourth-order valence-corrected chi connectivity index (χ4v) is 3.30. The third-order valence-electron chi connectivity index (χ3n) is 4.45. The first-order valence-electron chi connectivity index (χ1n) is 7.86. The monoisotopic (exact) mass is 302 g/mol. The normalized spacial score (nSPS) is 13.4. The molecule has 0 saturated heterocycles. The van der Waals surface area contributed by atoms with Crippen molar-refractivity contribution in [2.45, 2.75) is 26.9 Å². The zero-order valence-corrected chi connectivity index (χ0v) is 13.3. The Morgan fingerprint density at radius 2 is 1.70 bits per heavy atom. The topological polar surface area (TPSA) is 33.2 Å². The molecule has 1 aliphatic rings. The first kappa shape index (κ1) is 13.9. The van der Waals surface area contributed by atoms with Crippen molar-refractivity contribution in [1.29, 1.82) is 0 Å². The number of pyridine rings is 1. The number of rotatable bonds is 1. The van der Waals surface area contributed by atoms with Gasteiger partial charge in [-0.15, -0.1) is 0 Å². The van der Waals surface area contributed by atoms with Crippen LogP contribution in [0.3, 0.4) is 0 Å². The van der Waals surface area contributed by atoms with Gasteiger partial charge in [-0.05, 0) is 43.2 Å². The van der Waals surface area contributed by atoms with Crippen LogP contribution in [-0.2, 0) is 13.1 Å². The smallest absolute Gasteiger partial charge is 0.255 e. The number of hydrogen-bond donors (Lipinski definition) is 0. The predicted octanol–water partition coefficient (Wildman–Crippen LogP) is 4.01. The second kappa shape index (κ2) is 5.20. The molecular formula is C20H18N2O. The van der Waals surface area contributed by atoms with Crippen molar-refractivity contribution in [2.75, 3.05) is 0 Å². The third kappa shape index (κ3) is 2.38. The largest absolute Gasteiger partial charge is 0.330 e. The number of benzene rings is 2. The number of aromatic nitrogens is 1. The second-order valence-corrected chi connectivity index (χ2v) is 6.26. The summed E-state index contributed by atoms with van der Waals surface area (Å²) in [6.45, 7) is 5.35. The Labute approximate surface area is 135 Å². The van der Waals surface area contributed by atoms with E-state index >= 15 is 0 Å². The molecule has 1 amide bonds. The van der Waals surface area contributed by atoms with E-state index in [1.807, 2.05) is 49.1 Å². The van der Waals surface area contributed by atoms with Gasteiger partial charge < -0.3 is 4.90 Å². The van der Waals surface area contributed by atoms with E-state index in [1.165, 1.54) is 11.1 Å². The Kier molecular flexibility index (Phi) is 3.15. The molecule has 3 heteroatoms. The molecule has 0 atom stereocenters. The number of fused-ring (bicyclic) bond motifs is 2. The molecule has 4 rings (SSSR count). The highest BCUT2D eigenvalue weighted by molar-refractivity contribution is 6.06. The molecular weight excluding hydrogens is 284 g/mol. The summed E-state index contributed by atoms with van der Waals surface area (Å²) in [7, 11) is 0. The van der Waals surface area contributed by atoms with Gasteiger partial charge in [0.1, 0.15) is 0 Å². The first-order chi connectivity index (χ1) is 11.1. The third-order valence-corrected chi connectivity index (χ3v) is 4.45. The molecule has 3 nitrogen and oxygen atoms in total. The molecule has 0 bridgehead atoms. The quantitative estimate of drug-likeness (QED) is 0.680. The molecule has 114 valence electrons. The fourth-order valence-electron chi connectivity index (χ4n) is 3.30. The van der Waals surface area contributed by atoms with Gasteiger partial charge >= 0.3 is 0 Å². The van der Waals surface area contributed by atoms with Crippen LogP contribution in [0.25, 0.3) is 10.9 Å². The van der Waals surface area contributed by atoms with Gasteiger partial charge in [0.2, 0.25) is 0 Å². The summed E-state index contributed by atoms with van der Waals surface area (Å²) in [6.07, 6.45) is 0. The number of carbonyl (C=O) groups is 1. The first-order valence-corrected chi connectivity index (χ1v) is 7.86. The van der Waals surface area contributed by atoms with Crippen molar-refractivity contribution in [2.24, 2.45) is 0 Å². The minimum Gasteiger partial charge on any atom is -0.330 e. The van der Waals surface area contributed by atoms with E-state index < -0.39 is 0 Å². The Balaban J connectivity index is 1.78. The molecule has 2 heterocycles. The van der Waals surface area contributed by atoms with Gasteiger partial charge in [0.25, 0.3) is 5.91 Å². The van der Waals surface area contributed by atoms with Gasteiger partial charge in [-0.3, -0.25) is 9.78 Å². The van der Waals surface area contributed by atoms with Gasteiger partial charge in [0.05, 0.1) is 11.1 Å². The highest BCUT2D eigenvalue weighted by atomic mass is 16.2.